The Labute approximate surface area is 181 Å². The van der Waals surface area contributed by atoms with Gasteiger partial charge >= 0.3 is 11.9 Å². The van der Waals surface area contributed by atoms with Crippen LogP contribution in [0.2, 0.25) is 0 Å². The van der Waals surface area contributed by atoms with Crippen LogP contribution in [0.1, 0.15) is 39.5 Å². The summed E-state index contributed by atoms with van der Waals surface area (Å²) in [6, 6.07) is 2.89. The molecule has 0 saturated carbocycles. The molecule has 4 rings (SSSR count). The Morgan fingerprint density at radius 1 is 1.40 bits per heavy atom. The second-order valence-electron chi connectivity index (χ2n) is 8.08. The molecule has 1 aliphatic rings. The molecule has 0 amide bonds. The van der Waals surface area contributed by atoms with Crippen molar-refractivity contribution in [3.63, 3.8) is 0 Å². The van der Waals surface area contributed by atoms with E-state index in [4.69, 9.17) is 9.26 Å². The third-order valence-electron chi connectivity index (χ3n) is 5.36. The summed E-state index contributed by atoms with van der Waals surface area (Å²) in [5, 5.41) is 4.68. The molecular formula is C20H23BrFN5O3. The second kappa shape index (κ2) is 7.98. The first-order valence-corrected chi connectivity index (χ1v) is 10.6. The van der Waals surface area contributed by atoms with Crippen molar-refractivity contribution in [1.82, 2.24) is 15.2 Å². The van der Waals surface area contributed by atoms with Crippen LogP contribution in [-0.4, -0.2) is 29.0 Å². The molecule has 0 atom stereocenters. The highest BCUT2D eigenvalue weighted by Gasteiger charge is 2.38. The third-order valence-corrected chi connectivity index (χ3v) is 5.96. The molecule has 0 radical (unpaired) electrons. The molecule has 160 valence electrons. The van der Waals surface area contributed by atoms with Gasteiger partial charge in [0.2, 0.25) is 5.60 Å². The molecule has 0 aliphatic carbocycles. The molecule has 30 heavy (non-hydrogen) atoms. The van der Waals surface area contributed by atoms with Crippen LogP contribution in [0.15, 0.2) is 27.5 Å². The maximum absolute atomic E-state index is 13.9. The van der Waals surface area contributed by atoms with E-state index in [-0.39, 0.29) is 11.8 Å². The molecule has 1 saturated heterocycles. The number of aromatic nitrogens is 4. The van der Waals surface area contributed by atoms with Crippen molar-refractivity contribution in [2.24, 2.45) is 5.92 Å². The maximum Gasteiger partial charge on any atom is 0.372 e. The van der Waals surface area contributed by atoms with Gasteiger partial charge in [-0.1, -0.05) is 0 Å². The van der Waals surface area contributed by atoms with Crippen LogP contribution >= 0.6 is 15.9 Å². The van der Waals surface area contributed by atoms with Crippen molar-refractivity contribution in [3.8, 4) is 0 Å². The Morgan fingerprint density at radius 2 is 2.13 bits per heavy atom. The monoisotopic (exact) mass is 479 g/mol. The SMILES string of the molecule is CC(=O)OC(C)(C)c1o[n-][n+]1CC1CCN(c2ncnc3c(Br)cc(F)cc23)CC1. The largest absolute Gasteiger partial charge is 0.457 e. The zero-order valence-corrected chi connectivity index (χ0v) is 18.6. The number of rotatable bonds is 5. The van der Waals surface area contributed by atoms with Gasteiger partial charge in [-0.25, -0.2) is 19.0 Å². The Kier molecular flexibility index (Phi) is 5.52. The van der Waals surface area contributed by atoms with E-state index in [1.54, 1.807) is 18.5 Å². The first-order chi connectivity index (χ1) is 14.2. The lowest BCUT2D eigenvalue weighted by Crippen LogP contribution is -2.56. The van der Waals surface area contributed by atoms with Gasteiger partial charge in [0.1, 0.15) is 24.5 Å². The Morgan fingerprint density at radius 3 is 2.77 bits per heavy atom. The third kappa shape index (κ3) is 4.05. The Balaban J connectivity index is 1.44. The minimum absolute atomic E-state index is 0.321. The number of halogens is 2. The van der Waals surface area contributed by atoms with Crippen LogP contribution in [0.5, 0.6) is 0 Å². The normalized spacial score (nSPS) is 15.7. The number of carbonyl (C=O) groups is 1. The summed E-state index contributed by atoms with van der Waals surface area (Å²) in [5.74, 6) is 1.00. The van der Waals surface area contributed by atoms with Gasteiger partial charge in [0.15, 0.2) is 0 Å². The molecule has 2 aromatic heterocycles. The predicted octanol–water partition coefficient (Wildman–Crippen LogP) is 3.08. The summed E-state index contributed by atoms with van der Waals surface area (Å²) in [6.07, 6.45) is 3.37. The van der Waals surface area contributed by atoms with Gasteiger partial charge in [-0.15, -0.1) is 0 Å². The van der Waals surface area contributed by atoms with Gasteiger partial charge in [0.25, 0.3) is 0 Å². The van der Waals surface area contributed by atoms with Gasteiger partial charge in [-0.3, -0.25) is 10.1 Å². The average molecular weight is 480 g/mol. The van der Waals surface area contributed by atoms with Crippen LogP contribution in [-0.2, 0) is 21.7 Å². The van der Waals surface area contributed by atoms with E-state index in [9.17, 15) is 9.18 Å². The van der Waals surface area contributed by atoms with Crippen molar-refractivity contribution in [2.45, 2.75) is 45.8 Å². The molecule has 0 unspecified atom stereocenters. The molecule has 0 spiro atoms. The van der Waals surface area contributed by atoms with E-state index in [0.29, 0.717) is 33.7 Å². The first kappa shape index (κ1) is 20.8. The lowest BCUT2D eigenvalue weighted by molar-refractivity contribution is -0.837. The highest BCUT2D eigenvalue weighted by Crippen LogP contribution is 2.32. The van der Waals surface area contributed by atoms with Crippen molar-refractivity contribution in [1.29, 1.82) is 0 Å². The second-order valence-corrected chi connectivity index (χ2v) is 8.93. The molecule has 1 aliphatic heterocycles. The lowest BCUT2D eigenvalue weighted by atomic mass is 9.96. The summed E-state index contributed by atoms with van der Waals surface area (Å²) >= 11 is 3.38. The number of benzene rings is 1. The topological polar surface area (TPSA) is 86.4 Å². The van der Waals surface area contributed by atoms with E-state index < -0.39 is 5.60 Å². The number of hydrogen-bond acceptors (Lipinski definition) is 6. The number of anilines is 1. The number of piperidine rings is 1. The summed E-state index contributed by atoms with van der Waals surface area (Å²) in [4.78, 5) is 22.2. The summed E-state index contributed by atoms with van der Waals surface area (Å²) in [6.45, 7) is 7.22. The summed E-state index contributed by atoms with van der Waals surface area (Å²) in [7, 11) is 0. The van der Waals surface area contributed by atoms with Gasteiger partial charge in [-0.2, -0.15) is 0 Å². The fourth-order valence-corrected chi connectivity index (χ4v) is 4.52. The quantitative estimate of drug-likeness (QED) is 0.410. The Bertz CT molecular complexity index is 1070. The molecule has 0 N–H and O–H groups in total. The number of ether oxygens (including phenoxy) is 1. The van der Waals surface area contributed by atoms with Crippen LogP contribution in [0.4, 0.5) is 10.2 Å². The van der Waals surface area contributed by atoms with Crippen molar-refractivity contribution < 1.29 is 23.1 Å². The van der Waals surface area contributed by atoms with Gasteiger partial charge in [-0.05, 0) is 54.8 Å². The number of nitrogens with zero attached hydrogens (tertiary/aromatic N) is 5. The number of hydrogen-bond donors (Lipinski definition) is 0. The van der Waals surface area contributed by atoms with E-state index in [1.807, 2.05) is 0 Å². The Hall–Kier alpha value is -2.49. The van der Waals surface area contributed by atoms with Gasteiger partial charge in [0.05, 0.1) is 5.52 Å². The standard InChI is InChI=1S/C20H23BrFN5O3/c1-12(28)29-20(2,3)19-27(25-30-19)10-13-4-6-26(7-5-13)18-15-8-14(22)9-16(21)17(15)23-11-24-18/h8-9,11,13H,4-7,10H2,1-3H3. The van der Waals surface area contributed by atoms with Crippen LogP contribution in [0, 0.1) is 11.7 Å². The summed E-state index contributed by atoms with van der Waals surface area (Å²) in [5.41, 5.74) is -0.155. The predicted molar refractivity (Wildman–Crippen MR) is 109 cm³/mol. The molecule has 1 fully saturated rings. The summed E-state index contributed by atoms with van der Waals surface area (Å²) < 4.78 is 26.9. The zero-order chi connectivity index (χ0) is 21.5. The minimum Gasteiger partial charge on any atom is -0.457 e. The fourth-order valence-electron chi connectivity index (χ4n) is 3.98. The van der Waals surface area contributed by atoms with Gasteiger partial charge < -0.3 is 14.2 Å². The molecule has 0 bridgehead atoms. The van der Waals surface area contributed by atoms with E-state index >= 15 is 0 Å². The molecule has 3 heterocycles. The van der Waals surface area contributed by atoms with Gasteiger partial charge in [0, 0.05) is 35.8 Å². The highest BCUT2D eigenvalue weighted by atomic mass is 79.9. The fraction of sp³-hybridized carbons (Fsp3) is 0.500. The zero-order valence-electron chi connectivity index (χ0n) is 17.1. The van der Waals surface area contributed by atoms with E-state index in [1.165, 1.54) is 25.4 Å². The molecule has 8 nitrogen and oxygen atoms in total. The van der Waals surface area contributed by atoms with Crippen LogP contribution < -0.4 is 14.9 Å². The molecule has 3 aromatic rings. The molecule has 10 heteroatoms. The number of esters is 1. The number of fused-ring (bicyclic) bond motifs is 1. The van der Waals surface area contributed by atoms with Crippen molar-refractivity contribution in [2.75, 3.05) is 18.0 Å². The van der Waals surface area contributed by atoms with Crippen LogP contribution in [0.3, 0.4) is 0 Å². The lowest BCUT2D eigenvalue weighted by Gasteiger charge is -2.33. The van der Waals surface area contributed by atoms with Crippen molar-refractivity contribution in [3.05, 3.63) is 34.6 Å². The molecule has 1 aromatic carbocycles. The van der Waals surface area contributed by atoms with E-state index in [0.717, 1.165) is 31.7 Å². The smallest absolute Gasteiger partial charge is 0.372 e. The van der Waals surface area contributed by atoms with Crippen LogP contribution in [0.25, 0.3) is 10.9 Å². The average Bonchev–Trinajstić information content (AvgIpc) is 2.64. The first-order valence-electron chi connectivity index (χ1n) is 9.82. The number of carbonyl (C=O) groups excluding carboxylic acids is 1. The molecular weight excluding hydrogens is 457 g/mol. The van der Waals surface area contributed by atoms with Crippen molar-refractivity contribution >= 4 is 38.6 Å². The highest BCUT2D eigenvalue weighted by molar-refractivity contribution is 9.10. The van der Waals surface area contributed by atoms with E-state index in [2.05, 4.69) is 36.1 Å². The maximum atomic E-state index is 13.9. The minimum atomic E-state index is -0.856.